The number of carbonyl (C=O) groups excluding carboxylic acids is 1. The van der Waals surface area contributed by atoms with Gasteiger partial charge in [-0.1, -0.05) is 32.0 Å². The largest absolute Gasteiger partial charge is 0.481 e. The first-order valence-electron chi connectivity index (χ1n) is 8.28. The van der Waals surface area contributed by atoms with Crippen molar-refractivity contribution in [3.63, 3.8) is 0 Å². The molecule has 1 aromatic carbocycles. The number of carboxylic acid groups (broad SMARTS) is 1. The molecule has 1 amide bonds. The summed E-state index contributed by atoms with van der Waals surface area (Å²) in [5.41, 5.74) is 1.62. The second-order valence-corrected chi connectivity index (χ2v) is 6.98. The minimum absolute atomic E-state index is 0.0188. The predicted octanol–water partition coefficient (Wildman–Crippen LogP) is 2.01. The molecule has 1 unspecified atom stereocenters. The average molecular weight is 316 g/mol. The fraction of sp³-hybridized carbons (Fsp3) is 0.556. The van der Waals surface area contributed by atoms with Crippen LogP contribution in [0.4, 0.5) is 5.69 Å². The monoisotopic (exact) mass is 316 g/mol. The number of para-hydroxylation sites is 1. The van der Waals surface area contributed by atoms with Crippen molar-refractivity contribution in [2.45, 2.75) is 26.7 Å². The van der Waals surface area contributed by atoms with Crippen molar-refractivity contribution in [3.8, 4) is 0 Å². The molecule has 5 heteroatoms. The van der Waals surface area contributed by atoms with Gasteiger partial charge in [0.1, 0.15) is 0 Å². The van der Waals surface area contributed by atoms with Crippen molar-refractivity contribution in [2.75, 3.05) is 31.1 Å². The Hall–Kier alpha value is -2.04. The molecule has 1 saturated heterocycles. The third-order valence-corrected chi connectivity index (χ3v) is 5.49. The van der Waals surface area contributed by atoms with Gasteiger partial charge in [-0.25, -0.2) is 0 Å². The van der Waals surface area contributed by atoms with E-state index in [4.69, 9.17) is 0 Å². The van der Waals surface area contributed by atoms with Gasteiger partial charge in [0.25, 0.3) is 0 Å². The maximum Gasteiger partial charge on any atom is 0.311 e. The number of carbonyl (C=O) groups is 2. The summed E-state index contributed by atoms with van der Waals surface area (Å²) in [5.74, 6) is -0.731. The summed E-state index contributed by atoms with van der Waals surface area (Å²) in [6.07, 6.45) is 1.51. The lowest BCUT2D eigenvalue weighted by Crippen LogP contribution is -2.43. The van der Waals surface area contributed by atoms with Gasteiger partial charge >= 0.3 is 5.97 Å². The zero-order chi connectivity index (χ0) is 16.6. The summed E-state index contributed by atoms with van der Waals surface area (Å²) in [5, 5.41) is 9.60. The van der Waals surface area contributed by atoms with Crippen LogP contribution in [0, 0.1) is 11.3 Å². The molecule has 1 atom stereocenters. The molecule has 0 aliphatic carbocycles. The standard InChI is InChI=1S/C18H24N2O3/c1-13(2)18(17(22)23)8-10-20(12-18)16(21)11-19-9-7-14-5-3-4-6-15(14)19/h3-6,13H,7-12H2,1-2H3,(H,22,23). The van der Waals surface area contributed by atoms with Crippen LogP contribution in [0.1, 0.15) is 25.8 Å². The van der Waals surface area contributed by atoms with Gasteiger partial charge in [-0.2, -0.15) is 0 Å². The molecule has 3 rings (SSSR count). The maximum absolute atomic E-state index is 12.6. The van der Waals surface area contributed by atoms with Gasteiger partial charge in [-0.05, 0) is 30.4 Å². The second-order valence-electron chi connectivity index (χ2n) is 6.98. The third kappa shape index (κ3) is 2.69. The minimum Gasteiger partial charge on any atom is -0.481 e. The Kier molecular flexibility index (Phi) is 4.04. The number of likely N-dealkylation sites (tertiary alicyclic amines) is 1. The average Bonchev–Trinajstić information content (AvgIpc) is 3.13. The van der Waals surface area contributed by atoms with Crippen molar-refractivity contribution < 1.29 is 14.7 Å². The van der Waals surface area contributed by atoms with E-state index in [9.17, 15) is 14.7 Å². The summed E-state index contributed by atoms with van der Waals surface area (Å²) in [4.78, 5) is 28.2. The van der Waals surface area contributed by atoms with Gasteiger partial charge in [-0.15, -0.1) is 0 Å². The van der Waals surface area contributed by atoms with Gasteiger partial charge in [0.05, 0.1) is 12.0 Å². The summed E-state index contributed by atoms with van der Waals surface area (Å²) in [7, 11) is 0. The molecule has 2 aliphatic rings. The molecule has 0 saturated carbocycles. The van der Waals surface area contributed by atoms with E-state index in [1.54, 1.807) is 4.90 Å². The molecule has 2 aliphatic heterocycles. The SMILES string of the molecule is CC(C)C1(C(=O)O)CCN(C(=O)CN2CCc3ccccc32)C1. The number of aliphatic carboxylic acids is 1. The van der Waals surface area contributed by atoms with Crippen molar-refractivity contribution >= 4 is 17.6 Å². The highest BCUT2D eigenvalue weighted by Gasteiger charge is 2.48. The van der Waals surface area contributed by atoms with Gasteiger partial charge in [0.2, 0.25) is 5.91 Å². The number of rotatable bonds is 4. The fourth-order valence-electron chi connectivity index (χ4n) is 3.77. The summed E-state index contributed by atoms with van der Waals surface area (Å²) in [6, 6.07) is 8.17. The Morgan fingerprint density at radius 1 is 1.26 bits per heavy atom. The number of carboxylic acids is 1. The van der Waals surface area contributed by atoms with Crippen LogP contribution in [0.25, 0.3) is 0 Å². The van der Waals surface area contributed by atoms with E-state index in [2.05, 4.69) is 17.0 Å². The third-order valence-electron chi connectivity index (χ3n) is 5.49. The van der Waals surface area contributed by atoms with Crippen LogP contribution in [0.2, 0.25) is 0 Å². The smallest absolute Gasteiger partial charge is 0.311 e. The fourth-order valence-corrected chi connectivity index (χ4v) is 3.77. The van der Waals surface area contributed by atoms with Crippen LogP contribution in [-0.2, 0) is 16.0 Å². The quantitative estimate of drug-likeness (QED) is 0.923. The molecule has 124 valence electrons. The van der Waals surface area contributed by atoms with Gasteiger partial charge in [0.15, 0.2) is 0 Å². The number of hydrogen-bond donors (Lipinski definition) is 1. The number of amides is 1. The molecule has 5 nitrogen and oxygen atoms in total. The molecule has 1 fully saturated rings. The van der Waals surface area contributed by atoms with E-state index in [1.807, 2.05) is 26.0 Å². The van der Waals surface area contributed by atoms with E-state index >= 15 is 0 Å². The highest BCUT2D eigenvalue weighted by molar-refractivity contribution is 5.84. The Balaban J connectivity index is 1.68. The number of fused-ring (bicyclic) bond motifs is 1. The number of hydrogen-bond acceptors (Lipinski definition) is 3. The lowest BCUT2D eigenvalue weighted by atomic mass is 9.76. The Labute approximate surface area is 136 Å². The lowest BCUT2D eigenvalue weighted by Gasteiger charge is -2.29. The van der Waals surface area contributed by atoms with Crippen LogP contribution >= 0.6 is 0 Å². The zero-order valence-electron chi connectivity index (χ0n) is 13.8. The first-order valence-corrected chi connectivity index (χ1v) is 8.28. The topological polar surface area (TPSA) is 60.9 Å². The van der Waals surface area contributed by atoms with Crippen molar-refractivity contribution in [3.05, 3.63) is 29.8 Å². The van der Waals surface area contributed by atoms with Crippen LogP contribution < -0.4 is 4.90 Å². The van der Waals surface area contributed by atoms with E-state index in [-0.39, 0.29) is 11.8 Å². The summed E-state index contributed by atoms with van der Waals surface area (Å²) < 4.78 is 0. The first-order chi connectivity index (χ1) is 10.9. The highest BCUT2D eigenvalue weighted by Crippen LogP contribution is 2.38. The summed E-state index contributed by atoms with van der Waals surface area (Å²) >= 11 is 0. The maximum atomic E-state index is 12.6. The van der Waals surface area contributed by atoms with E-state index in [1.165, 1.54) is 5.56 Å². The molecule has 1 N–H and O–H groups in total. The van der Waals surface area contributed by atoms with Gasteiger partial charge < -0.3 is 14.9 Å². The van der Waals surface area contributed by atoms with Crippen molar-refractivity contribution in [1.29, 1.82) is 0 Å². The Morgan fingerprint density at radius 2 is 2.00 bits per heavy atom. The molecule has 0 spiro atoms. The molecule has 0 radical (unpaired) electrons. The number of nitrogens with zero attached hydrogens (tertiary/aromatic N) is 2. The second kappa shape index (κ2) is 5.87. The number of anilines is 1. The van der Waals surface area contributed by atoms with Crippen molar-refractivity contribution in [2.24, 2.45) is 11.3 Å². The predicted molar refractivity (Wildman–Crippen MR) is 88.5 cm³/mol. The number of benzene rings is 1. The Morgan fingerprint density at radius 3 is 2.65 bits per heavy atom. The lowest BCUT2D eigenvalue weighted by molar-refractivity contribution is -0.151. The zero-order valence-corrected chi connectivity index (χ0v) is 13.8. The van der Waals surface area contributed by atoms with Crippen LogP contribution in [-0.4, -0.2) is 48.1 Å². The van der Waals surface area contributed by atoms with Crippen LogP contribution in [0.3, 0.4) is 0 Å². The van der Waals surface area contributed by atoms with Gasteiger partial charge in [0, 0.05) is 25.3 Å². The molecular weight excluding hydrogens is 292 g/mol. The van der Waals surface area contributed by atoms with E-state index in [0.29, 0.717) is 26.1 Å². The van der Waals surface area contributed by atoms with E-state index < -0.39 is 11.4 Å². The van der Waals surface area contributed by atoms with Gasteiger partial charge in [-0.3, -0.25) is 9.59 Å². The highest BCUT2D eigenvalue weighted by atomic mass is 16.4. The molecule has 0 aromatic heterocycles. The van der Waals surface area contributed by atoms with Crippen molar-refractivity contribution in [1.82, 2.24) is 4.90 Å². The minimum atomic E-state index is -0.793. The van der Waals surface area contributed by atoms with E-state index in [0.717, 1.165) is 18.7 Å². The molecular formula is C18H24N2O3. The molecule has 0 bridgehead atoms. The molecule has 23 heavy (non-hydrogen) atoms. The Bertz CT molecular complexity index is 628. The molecule has 2 heterocycles. The normalized spacial score (nSPS) is 23.4. The summed E-state index contributed by atoms with van der Waals surface area (Å²) in [6.45, 7) is 5.92. The van der Waals surface area contributed by atoms with Crippen LogP contribution in [0.5, 0.6) is 0 Å². The molecule has 1 aromatic rings. The van der Waals surface area contributed by atoms with Crippen LogP contribution in [0.15, 0.2) is 24.3 Å². The first kappa shape index (κ1) is 15.8.